The van der Waals surface area contributed by atoms with Crippen molar-refractivity contribution in [3.05, 3.63) is 89.6 Å². The number of carbonyl (C=O) groups excluding carboxylic acids is 4. The summed E-state index contributed by atoms with van der Waals surface area (Å²) < 4.78 is 10.8. The zero-order chi connectivity index (χ0) is 30.6. The number of ketones is 1. The van der Waals surface area contributed by atoms with Crippen LogP contribution in [0.15, 0.2) is 71.3 Å². The van der Waals surface area contributed by atoms with Crippen LogP contribution in [0.4, 0.5) is 4.79 Å². The highest BCUT2D eigenvalue weighted by atomic mass is 16.5. The van der Waals surface area contributed by atoms with Crippen molar-refractivity contribution in [2.75, 3.05) is 13.1 Å². The maximum atomic E-state index is 13.6. The third-order valence-electron chi connectivity index (χ3n) is 7.30. The molecule has 10 heteroatoms. The molecule has 1 saturated heterocycles. The predicted molar refractivity (Wildman–Crippen MR) is 160 cm³/mol. The molecule has 0 radical (unpaired) electrons. The number of aryl methyl sites for hydroxylation is 1. The molecule has 0 aliphatic carbocycles. The second-order valence-electron chi connectivity index (χ2n) is 11.2. The van der Waals surface area contributed by atoms with E-state index in [-0.39, 0.29) is 36.4 Å². The lowest BCUT2D eigenvalue weighted by Crippen LogP contribution is -2.52. The van der Waals surface area contributed by atoms with Gasteiger partial charge in [0, 0.05) is 13.1 Å². The summed E-state index contributed by atoms with van der Waals surface area (Å²) in [6, 6.07) is 16.9. The van der Waals surface area contributed by atoms with Crippen molar-refractivity contribution in [1.82, 2.24) is 20.5 Å². The third-order valence-corrected chi connectivity index (χ3v) is 7.30. The van der Waals surface area contributed by atoms with Crippen molar-refractivity contribution in [3.8, 4) is 0 Å². The number of carbonyl (C=O) groups is 4. The number of piperidine rings is 1. The molecule has 2 unspecified atom stereocenters. The first-order chi connectivity index (χ1) is 20.8. The van der Waals surface area contributed by atoms with Gasteiger partial charge in [0.15, 0.2) is 5.69 Å². The lowest BCUT2D eigenvalue weighted by atomic mass is 9.99. The molecule has 2 aromatic carbocycles. The fourth-order valence-electron chi connectivity index (χ4n) is 5.00. The number of hydrogen-bond acceptors (Lipinski definition) is 7. The maximum absolute atomic E-state index is 13.6. The molecule has 1 aromatic heterocycles. The van der Waals surface area contributed by atoms with Crippen LogP contribution >= 0.6 is 0 Å². The Bertz CT molecular complexity index is 1350. The number of Topliss-reactive ketones (excluding diaryl/α,β-unsaturated/α-hetero) is 1. The van der Waals surface area contributed by atoms with E-state index in [4.69, 9.17) is 9.15 Å². The summed E-state index contributed by atoms with van der Waals surface area (Å²) in [6.07, 6.45) is 4.49. The molecule has 1 aliphatic rings. The standard InChI is InChI=1S/C33H40N4O6/c1-23(2)20-27(36-33(41)43-21-25-14-8-4-9-15-25)30(39)34-26(17-16-24-12-6-3-7-13-24)29(38)31-35-28(22-42-31)32(40)37-18-10-5-11-19-37/h3-4,6-9,12-15,22-23,26-27H,5,10-11,16-21H2,1-2H3,(H,34,39)(H,36,41). The number of oxazole rings is 1. The maximum Gasteiger partial charge on any atom is 0.408 e. The zero-order valence-electron chi connectivity index (χ0n) is 24.8. The Labute approximate surface area is 252 Å². The molecule has 0 saturated carbocycles. The number of alkyl carbamates (subject to hydrolysis) is 1. The fourth-order valence-corrected chi connectivity index (χ4v) is 5.00. The number of hydrogen-bond donors (Lipinski definition) is 2. The quantitative estimate of drug-likeness (QED) is 0.270. The molecule has 0 bridgehead atoms. The van der Waals surface area contributed by atoms with Gasteiger partial charge in [0.1, 0.15) is 18.9 Å². The number of ether oxygens (including phenoxy) is 1. The number of rotatable bonds is 13. The summed E-state index contributed by atoms with van der Waals surface area (Å²) in [5.41, 5.74) is 1.88. The molecular formula is C33H40N4O6. The Morgan fingerprint density at radius 1 is 0.884 bits per heavy atom. The highest BCUT2D eigenvalue weighted by molar-refractivity contribution is 6.00. The van der Waals surface area contributed by atoms with E-state index in [1.54, 1.807) is 4.90 Å². The smallest absolute Gasteiger partial charge is 0.408 e. The minimum absolute atomic E-state index is 0.0591. The molecule has 3 aromatic rings. The van der Waals surface area contributed by atoms with Gasteiger partial charge in [0.2, 0.25) is 11.7 Å². The van der Waals surface area contributed by atoms with Crippen molar-refractivity contribution < 1.29 is 28.3 Å². The average Bonchev–Trinajstić information content (AvgIpc) is 3.52. The van der Waals surface area contributed by atoms with Crippen LogP contribution in [0.5, 0.6) is 0 Å². The first kappa shape index (κ1) is 31.5. The van der Waals surface area contributed by atoms with Crippen LogP contribution < -0.4 is 10.6 Å². The van der Waals surface area contributed by atoms with Gasteiger partial charge < -0.3 is 24.7 Å². The van der Waals surface area contributed by atoms with Crippen molar-refractivity contribution in [1.29, 1.82) is 0 Å². The molecule has 1 aliphatic heterocycles. The van der Waals surface area contributed by atoms with Gasteiger partial charge in [-0.25, -0.2) is 9.78 Å². The van der Waals surface area contributed by atoms with E-state index in [2.05, 4.69) is 15.6 Å². The van der Waals surface area contributed by atoms with Crippen molar-refractivity contribution in [2.24, 2.45) is 5.92 Å². The van der Waals surface area contributed by atoms with Crippen LogP contribution in [0.3, 0.4) is 0 Å². The van der Waals surface area contributed by atoms with E-state index in [0.717, 1.165) is 30.4 Å². The molecule has 2 N–H and O–H groups in total. The third kappa shape index (κ3) is 9.52. The Balaban J connectivity index is 1.46. The highest BCUT2D eigenvalue weighted by Crippen LogP contribution is 2.16. The average molecular weight is 589 g/mol. The van der Waals surface area contributed by atoms with Gasteiger partial charge in [-0.1, -0.05) is 74.5 Å². The van der Waals surface area contributed by atoms with Crippen LogP contribution in [0.2, 0.25) is 0 Å². The molecule has 2 heterocycles. The van der Waals surface area contributed by atoms with Crippen LogP contribution in [0, 0.1) is 5.92 Å². The van der Waals surface area contributed by atoms with Crippen molar-refractivity contribution >= 4 is 23.7 Å². The molecule has 1 fully saturated rings. The summed E-state index contributed by atoms with van der Waals surface area (Å²) in [5, 5.41) is 5.48. The Morgan fingerprint density at radius 3 is 2.19 bits per heavy atom. The second-order valence-corrected chi connectivity index (χ2v) is 11.2. The second kappa shape index (κ2) is 15.7. The molecule has 43 heavy (non-hydrogen) atoms. The topological polar surface area (TPSA) is 131 Å². The molecule has 228 valence electrons. The first-order valence-corrected chi connectivity index (χ1v) is 14.9. The number of nitrogens with one attached hydrogen (secondary N) is 2. The zero-order valence-corrected chi connectivity index (χ0v) is 24.8. The van der Waals surface area contributed by atoms with E-state index >= 15 is 0 Å². The van der Waals surface area contributed by atoms with Crippen molar-refractivity contribution in [3.63, 3.8) is 0 Å². The fraction of sp³-hybridized carbons (Fsp3) is 0.424. The van der Waals surface area contributed by atoms with E-state index in [1.165, 1.54) is 6.26 Å². The van der Waals surface area contributed by atoms with Gasteiger partial charge in [-0.15, -0.1) is 0 Å². The Hall–Kier alpha value is -4.47. The minimum atomic E-state index is -0.999. The monoisotopic (exact) mass is 588 g/mol. The van der Waals surface area contributed by atoms with Crippen LogP contribution in [-0.2, 0) is 22.6 Å². The lowest BCUT2D eigenvalue weighted by molar-refractivity contribution is -0.124. The van der Waals surface area contributed by atoms with Gasteiger partial charge in [-0.05, 0) is 55.6 Å². The lowest BCUT2D eigenvalue weighted by Gasteiger charge is -2.25. The number of nitrogens with zero attached hydrogens (tertiary/aromatic N) is 2. The minimum Gasteiger partial charge on any atom is -0.445 e. The van der Waals surface area contributed by atoms with Crippen LogP contribution in [0.1, 0.15) is 78.3 Å². The SMILES string of the molecule is CC(C)CC(NC(=O)OCc1ccccc1)C(=O)NC(CCc1ccccc1)C(=O)c1nc(C(=O)N2CCCCC2)co1. The first-order valence-electron chi connectivity index (χ1n) is 14.9. The number of benzene rings is 2. The molecular weight excluding hydrogens is 548 g/mol. The summed E-state index contributed by atoms with van der Waals surface area (Å²) in [4.78, 5) is 58.6. The summed E-state index contributed by atoms with van der Waals surface area (Å²) in [5.74, 6) is -1.51. The largest absolute Gasteiger partial charge is 0.445 e. The van der Waals surface area contributed by atoms with Gasteiger partial charge >= 0.3 is 6.09 Å². The number of amides is 3. The molecule has 10 nitrogen and oxygen atoms in total. The highest BCUT2D eigenvalue weighted by Gasteiger charge is 2.31. The number of likely N-dealkylation sites (tertiary alicyclic amines) is 1. The van der Waals surface area contributed by atoms with E-state index in [1.807, 2.05) is 74.5 Å². The summed E-state index contributed by atoms with van der Waals surface area (Å²) in [7, 11) is 0. The summed E-state index contributed by atoms with van der Waals surface area (Å²) in [6.45, 7) is 5.21. The Kier molecular flexibility index (Phi) is 11.5. The molecule has 3 amide bonds. The van der Waals surface area contributed by atoms with Gasteiger partial charge in [0.25, 0.3) is 11.8 Å². The van der Waals surface area contributed by atoms with Crippen LogP contribution in [-0.4, -0.2) is 58.7 Å². The molecule has 0 spiro atoms. The molecule has 2 atom stereocenters. The molecule has 4 rings (SSSR count). The van der Waals surface area contributed by atoms with E-state index in [9.17, 15) is 19.2 Å². The normalized spacial score (nSPS) is 14.5. The van der Waals surface area contributed by atoms with Gasteiger partial charge in [0.05, 0.1) is 6.04 Å². The number of aromatic nitrogens is 1. The van der Waals surface area contributed by atoms with Gasteiger partial charge in [-0.3, -0.25) is 14.4 Å². The van der Waals surface area contributed by atoms with Crippen LogP contribution in [0.25, 0.3) is 0 Å². The Morgan fingerprint density at radius 2 is 1.53 bits per heavy atom. The summed E-state index contributed by atoms with van der Waals surface area (Å²) >= 11 is 0. The van der Waals surface area contributed by atoms with E-state index in [0.29, 0.717) is 25.9 Å². The van der Waals surface area contributed by atoms with E-state index < -0.39 is 29.9 Å². The predicted octanol–water partition coefficient (Wildman–Crippen LogP) is 4.94. The van der Waals surface area contributed by atoms with Crippen molar-refractivity contribution in [2.45, 2.75) is 71.1 Å². The van der Waals surface area contributed by atoms with Gasteiger partial charge in [-0.2, -0.15) is 0 Å².